The van der Waals surface area contributed by atoms with Gasteiger partial charge in [-0.3, -0.25) is 9.78 Å². The van der Waals surface area contributed by atoms with E-state index < -0.39 is 5.91 Å². The number of hydrogen-bond donors (Lipinski definition) is 1. The van der Waals surface area contributed by atoms with Gasteiger partial charge in [-0.15, -0.1) is 0 Å². The number of primary amides is 1. The van der Waals surface area contributed by atoms with E-state index >= 15 is 0 Å². The molecular weight excluding hydrogens is 326 g/mol. The van der Waals surface area contributed by atoms with Crippen molar-refractivity contribution in [3.05, 3.63) is 65.6 Å². The Bertz CT molecular complexity index is 952. The van der Waals surface area contributed by atoms with Crippen molar-refractivity contribution in [1.82, 2.24) is 14.8 Å². The summed E-state index contributed by atoms with van der Waals surface area (Å²) in [5.74, 6) is -0.548. The molecule has 0 aliphatic heterocycles. The first-order chi connectivity index (χ1) is 12.7. The highest BCUT2D eigenvalue weighted by Crippen LogP contribution is 2.30. The quantitative estimate of drug-likeness (QED) is 0.741. The highest BCUT2D eigenvalue weighted by Gasteiger charge is 2.23. The van der Waals surface area contributed by atoms with Gasteiger partial charge in [0.05, 0.1) is 29.2 Å². The third-order valence-electron chi connectivity index (χ3n) is 4.18. The number of unbranched alkanes of at least 4 members (excludes halogenated alkanes) is 1. The van der Waals surface area contributed by atoms with Crippen LogP contribution in [0.25, 0.3) is 16.9 Å². The van der Waals surface area contributed by atoms with Crippen molar-refractivity contribution in [3.63, 3.8) is 0 Å². The maximum atomic E-state index is 12.0. The summed E-state index contributed by atoms with van der Waals surface area (Å²) in [5.41, 5.74) is 9.71. The van der Waals surface area contributed by atoms with Gasteiger partial charge in [0.2, 0.25) is 0 Å². The number of pyridine rings is 1. The molecule has 6 heteroatoms. The summed E-state index contributed by atoms with van der Waals surface area (Å²) in [6, 6.07) is 13.0. The summed E-state index contributed by atoms with van der Waals surface area (Å²) in [4.78, 5) is 16.2. The van der Waals surface area contributed by atoms with Gasteiger partial charge < -0.3 is 5.73 Å². The number of nitriles is 1. The maximum Gasteiger partial charge on any atom is 0.269 e. The molecule has 1 amide bonds. The molecule has 1 aromatic carbocycles. The Balaban J connectivity index is 2.26. The molecule has 0 spiro atoms. The Labute approximate surface area is 151 Å². The van der Waals surface area contributed by atoms with Gasteiger partial charge in [0.1, 0.15) is 0 Å². The van der Waals surface area contributed by atoms with Gasteiger partial charge in [-0.25, -0.2) is 4.68 Å². The van der Waals surface area contributed by atoms with E-state index in [9.17, 15) is 4.79 Å². The molecule has 26 heavy (non-hydrogen) atoms. The number of amides is 1. The van der Waals surface area contributed by atoms with Gasteiger partial charge in [0.25, 0.3) is 5.91 Å². The van der Waals surface area contributed by atoms with E-state index in [1.807, 2.05) is 24.3 Å². The number of carbonyl (C=O) groups is 1. The molecule has 3 aromatic rings. The summed E-state index contributed by atoms with van der Waals surface area (Å²) in [6.07, 6.45) is 5.98. The Kier molecular flexibility index (Phi) is 5.09. The summed E-state index contributed by atoms with van der Waals surface area (Å²) in [5, 5.41) is 13.5. The second-order valence-corrected chi connectivity index (χ2v) is 5.96. The molecule has 0 fully saturated rings. The Morgan fingerprint density at radius 1 is 1.27 bits per heavy atom. The smallest absolute Gasteiger partial charge is 0.269 e. The highest BCUT2D eigenvalue weighted by atomic mass is 16.1. The molecule has 0 saturated carbocycles. The first kappa shape index (κ1) is 17.4. The Hall–Kier alpha value is -3.46. The average Bonchev–Trinajstić information content (AvgIpc) is 3.06. The third kappa shape index (κ3) is 3.33. The van der Waals surface area contributed by atoms with Gasteiger partial charge in [0, 0.05) is 17.3 Å². The SMILES string of the molecule is CCCCc1c(C(N)=O)nn(-c2cccnc2)c1-c1ccc(C#N)cc1. The Morgan fingerprint density at radius 2 is 2.04 bits per heavy atom. The predicted octanol–water partition coefficient (Wildman–Crippen LogP) is 3.25. The number of aromatic nitrogens is 3. The van der Waals surface area contributed by atoms with Crippen molar-refractivity contribution >= 4 is 5.91 Å². The lowest BCUT2D eigenvalue weighted by atomic mass is 9.99. The zero-order chi connectivity index (χ0) is 18.5. The summed E-state index contributed by atoms with van der Waals surface area (Å²) in [6.45, 7) is 2.09. The fourth-order valence-corrected chi connectivity index (χ4v) is 2.90. The molecule has 0 bridgehead atoms. The van der Waals surface area contributed by atoms with Crippen LogP contribution < -0.4 is 5.73 Å². The van der Waals surface area contributed by atoms with E-state index in [1.165, 1.54) is 0 Å². The minimum absolute atomic E-state index is 0.279. The number of carbonyl (C=O) groups excluding carboxylic acids is 1. The van der Waals surface area contributed by atoms with Crippen LogP contribution in [0, 0.1) is 11.3 Å². The maximum absolute atomic E-state index is 12.0. The normalized spacial score (nSPS) is 10.5. The lowest BCUT2D eigenvalue weighted by Crippen LogP contribution is -2.14. The highest BCUT2D eigenvalue weighted by molar-refractivity contribution is 5.94. The second-order valence-electron chi connectivity index (χ2n) is 5.96. The lowest BCUT2D eigenvalue weighted by Gasteiger charge is -2.10. The topological polar surface area (TPSA) is 97.6 Å². The van der Waals surface area contributed by atoms with Crippen molar-refractivity contribution < 1.29 is 4.79 Å². The van der Waals surface area contributed by atoms with Gasteiger partial charge in [-0.2, -0.15) is 10.4 Å². The van der Waals surface area contributed by atoms with E-state index in [0.717, 1.165) is 35.3 Å². The third-order valence-corrected chi connectivity index (χ3v) is 4.18. The molecule has 0 aliphatic carbocycles. The molecule has 0 atom stereocenters. The molecule has 0 radical (unpaired) electrons. The second kappa shape index (κ2) is 7.62. The largest absolute Gasteiger partial charge is 0.364 e. The van der Waals surface area contributed by atoms with Crippen LogP contribution in [0.3, 0.4) is 0 Å². The van der Waals surface area contributed by atoms with E-state index in [4.69, 9.17) is 11.0 Å². The van der Waals surface area contributed by atoms with E-state index in [0.29, 0.717) is 12.0 Å². The molecule has 0 unspecified atom stereocenters. The van der Waals surface area contributed by atoms with Crippen molar-refractivity contribution in [1.29, 1.82) is 5.26 Å². The van der Waals surface area contributed by atoms with Gasteiger partial charge >= 0.3 is 0 Å². The van der Waals surface area contributed by atoms with E-state index in [-0.39, 0.29) is 5.69 Å². The summed E-state index contributed by atoms with van der Waals surface area (Å²) in [7, 11) is 0. The molecule has 0 saturated heterocycles. The number of hydrogen-bond acceptors (Lipinski definition) is 4. The molecule has 2 N–H and O–H groups in total. The van der Waals surface area contributed by atoms with Crippen LogP contribution in [-0.2, 0) is 6.42 Å². The first-order valence-electron chi connectivity index (χ1n) is 8.48. The Morgan fingerprint density at radius 3 is 2.62 bits per heavy atom. The first-order valence-corrected chi connectivity index (χ1v) is 8.48. The fourth-order valence-electron chi connectivity index (χ4n) is 2.90. The van der Waals surface area contributed by atoms with Crippen LogP contribution in [0.4, 0.5) is 0 Å². The van der Waals surface area contributed by atoms with Crippen LogP contribution >= 0.6 is 0 Å². The van der Waals surface area contributed by atoms with Crippen LogP contribution in [-0.4, -0.2) is 20.7 Å². The molecular formula is C20H19N5O. The minimum Gasteiger partial charge on any atom is -0.364 e. The monoisotopic (exact) mass is 345 g/mol. The standard InChI is InChI=1S/C20H19N5O/c1-2-3-6-17-18(20(22)26)24-25(16-5-4-11-23-13-16)19(17)15-9-7-14(12-21)8-10-15/h4-5,7-11,13H,2-3,6H2,1H3,(H2,22,26). The van der Waals surface area contributed by atoms with Crippen molar-refractivity contribution in [2.75, 3.05) is 0 Å². The predicted molar refractivity (Wildman–Crippen MR) is 98.6 cm³/mol. The fraction of sp³-hybridized carbons (Fsp3) is 0.200. The van der Waals surface area contributed by atoms with Crippen LogP contribution in [0.1, 0.15) is 41.4 Å². The molecule has 3 rings (SSSR count). The van der Waals surface area contributed by atoms with Crippen molar-refractivity contribution in [2.45, 2.75) is 26.2 Å². The minimum atomic E-state index is -0.548. The summed E-state index contributed by atoms with van der Waals surface area (Å²) < 4.78 is 1.71. The zero-order valence-electron chi connectivity index (χ0n) is 14.5. The van der Waals surface area contributed by atoms with Crippen LogP contribution in [0.5, 0.6) is 0 Å². The molecule has 2 aromatic heterocycles. The molecule has 0 aliphatic rings. The number of nitrogens with two attached hydrogens (primary N) is 1. The van der Waals surface area contributed by atoms with Crippen molar-refractivity contribution in [3.8, 4) is 23.0 Å². The molecule has 2 heterocycles. The van der Waals surface area contributed by atoms with Crippen LogP contribution in [0.15, 0.2) is 48.8 Å². The van der Waals surface area contributed by atoms with Crippen LogP contribution in [0.2, 0.25) is 0 Å². The van der Waals surface area contributed by atoms with E-state index in [2.05, 4.69) is 23.1 Å². The van der Waals surface area contributed by atoms with Gasteiger partial charge in [-0.1, -0.05) is 25.5 Å². The van der Waals surface area contributed by atoms with Crippen molar-refractivity contribution in [2.24, 2.45) is 5.73 Å². The number of benzene rings is 1. The van der Waals surface area contributed by atoms with Gasteiger partial charge in [-0.05, 0) is 37.1 Å². The number of rotatable bonds is 6. The summed E-state index contributed by atoms with van der Waals surface area (Å²) >= 11 is 0. The number of nitrogens with zero attached hydrogens (tertiary/aromatic N) is 4. The molecule has 130 valence electrons. The van der Waals surface area contributed by atoms with Gasteiger partial charge in [0.15, 0.2) is 5.69 Å². The average molecular weight is 345 g/mol. The van der Waals surface area contributed by atoms with E-state index in [1.54, 1.807) is 29.2 Å². The lowest BCUT2D eigenvalue weighted by molar-refractivity contribution is 0.0994. The molecule has 6 nitrogen and oxygen atoms in total. The zero-order valence-corrected chi connectivity index (χ0v) is 14.5.